The Morgan fingerprint density at radius 3 is 2.94 bits per heavy atom. The summed E-state index contributed by atoms with van der Waals surface area (Å²) in [6, 6.07) is 1.12. The highest BCUT2D eigenvalue weighted by Gasteiger charge is 2.25. The van der Waals surface area contributed by atoms with E-state index in [0.717, 1.165) is 25.3 Å². The van der Waals surface area contributed by atoms with Gasteiger partial charge in [-0.2, -0.15) is 0 Å². The Morgan fingerprint density at radius 2 is 2.33 bits per heavy atom. The van der Waals surface area contributed by atoms with Crippen LogP contribution in [0.15, 0.2) is 12.3 Å². The quantitative estimate of drug-likeness (QED) is 0.758. The summed E-state index contributed by atoms with van der Waals surface area (Å²) >= 11 is 0. The standard InChI is InChI=1S/C12H15FN2O3/c13-10-8(12(17)18)4-5-14-11(10)15-6-7-2-1-3-9(7)16/h4-5,7,9,16H,1-3,6H2,(H,14,15)(H,17,18). The lowest BCUT2D eigenvalue weighted by Gasteiger charge is -2.15. The van der Waals surface area contributed by atoms with Crippen LogP contribution < -0.4 is 5.32 Å². The SMILES string of the molecule is O=C(O)c1ccnc(NCC2CCCC2O)c1F. The third-order valence-corrected chi connectivity index (χ3v) is 3.27. The molecular weight excluding hydrogens is 239 g/mol. The summed E-state index contributed by atoms with van der Waals surface area (Å²) in [6.45, 7) is 0.397. The van der Waals surface area contributed by atoms with Gasteiger partial charge in [-0.1, -0.05) is 6.42 Å². The maximum absolute atomic E-state index is 13.7. The number of aliphatic hydroxyl groups excluding tert-OH is 1. The van der Waals surface area contributed by atoms with Crippen LogP contribution in [0.25, 0.3) is 0 Å². The van der Waals surface area contributed by atoms with Crippen molar-refractivity contribution in [1.29, 1.82) is 0 Å². The van der Waals surface area contributed by atoms with Gasteiger partial charge in [0.2, 0.25) is 0 Å². The number of nitrogens with zero attached hydrogens (tertiary/aromatic N) is 1. The van der Waals surface area contributed by atoms with Crippen LogP contribution in [-0.4, -0.2) is 33.8 Å². The zero-order valence-electron chi connectivity index (χ0n) is 9.77. The summed E-state index contributed by atoms with van der Waals surface area (Å²) in [5.74, 6) is -2.19. The van der Waals surface area contributed by atoms with Gasteiger partial charge in [-0.3, -0.25) is 0 Å². The zero-order valence-corrected chi connectivity index (χ0v) is 9.77. The highest BCUT2D eigenvalue weighted by molar-refractivity contribution is 5.88. The van der Waals surface area contributed by atoms with Crippen molar-refractivity contribution in [3.63, 3.8) is 0 Å². The van der Waals surface area contributed by atoms with Gasteiger partial charge >= 0.3 is 5.97 Å². The number of aromatic carboxylic acids is 1. The van der Waals surface area contributed by atoms with E-state index in [0.29, 0.717) is 6.54 Å². The van der Waals surface area contributed by atoms with Crippen molar-refractivity contribution in [3.8, 4) is 0 Å². The minimum Gasteiger partial charge on any atom is -0.478 e. The van der Waals surface area contributed by atoms with Crippen molar-refractivity contribution >= 4 is 11.8 Å². The van der Waals surface area contributed by atoms with E-state index in [9.17, 15) is 14.3 Å². The van der Waals surface area contributed by atoms with Crippen LogP contribution in [0.5, 0.6) is 0 Å². The van der Waals surface area contributed by atoms with Gasteiger partial charge in [0, 0.05) is 18.7 Å². The fraction of sp³-hybridized carbons (Fsp3) is 0.500. The van der Waals surface area contributed by atoms with Gasteiger partial charge in [-0.15, -0.1) is 0 Å². The van der Waals surface area contributed by atoms with Gasteiger partial charge < -0.3 is 15.5 Å². The topological polar surface area (TPSA) is 82.5 Å². The molecule has 6 heteroatoms. The summed E-state index contributed by atoms with van der Waals surface area (Å²) in [5, 5.41) is 21.2. The van der Waals surface area contributed by atoms with Crippen LogP contribution in [-0.2, 0) is 0 Å². The number of carboxylic acid groups (broad SMARTS) is 1. The molecule has 0 aliphatic heterocycles. The average molecular weight is 254 g/mol. The average Bonchev–Trinajstić information content (AvgIpc) is 2.73. The molecule has 2 atom stereocenters. The van der Waals surface area contributed by atoms with E-state index >= 15 is 0 Å². The second-order valence-electron chi connectivity index (χ2n) is 4.47. The highest BCUT2D eigenvalue weighted by atomic mass is 19.1. The van der Waals surface area contributed by atoms with Gasteiger partial charge in [-0.05, 0) is 18.9 Å². The molecule has 1 heterocycles. The van der Waals surface area contributed by atoms with Crippen LogP contribution in [0.2, 0.25) is 0 Å². The molecule has 1 aliphatic carbocycles. The van der Waals surface area contributed by atoms with Crippen LogP contribution in [0, 0.1) is 11.7 Å². The van der Waals surface area contributed by atoms with Gasteiger partial charge in [0.05, 0.1) is 6.10 Å². The predicted octanol–water partition coefficient (Wildman–Crippen LogP) is 1.49. The van der Waals surface area contributed by atoms with E-state index in [-0.39, 0.29) is 17.8 Å². The van der Waals surface area contributed by atoms with Crippen molar-refractivity contribution in [2.45, 2.75) is 25.4 Å². The van der Waals surface area contributed by atoms with Gasteiger partial charge in [0.15, 0.2) is 11.6 Å². The number of aromatic nitrogens is 1. The Kier molecular flexibility index (Phi) is 3.76. The fourth-order valence-electron chi connectivity index (χ4n) is 2.22. The molecule has 0 spiro atoms. The molecule has 1 aliphatic rings. The number of aliphatic hydroxyl groups is 1. The number of halogens is 1. The third-order valence-electron chi connectivity index (χ3n) is 3.27. The van der Waals surface area contributed by atoms with Crippen molar-refractivity contribution in [2.24, 2.45) is 5.92 Å². The van der Waals surface area contributed by atoms with E-state index < -0.39 is 17.3 Å². The van der Waals surface area contributed by atoms with Crippen molar-refractivity contribution < 1.29 is 19.4 Å². The lowest BCUT2D eigenvalue weighted by molar-refractivity contribution is 0.0691. The predicted molar refractivity (Wildman–Crippen MR) is 63.0 cm³/mol. The van der Waals surface area contributed by atoms with Crippen LogP contribution in [0.1, 0.15) is 29.6 Å². The molecule has 0 saturated heterocycles. The van der Waals surface area contributed by atoms with E-state index in [2.05, 4.69) is 10.3 Å². The van der Waals surface area contributed by atoms with E-state index in [4.69, 9.17) is 5.11 Å². The van der Waals surface area contributed by atoms with Gasteiger partial charge in [0.1, 0.15) is 5.56 Å². The number of anilines is 1. The molecule has 98 valence electrons. The Balaban J connectivity index is 2.05. The first-order valence-corrected chi connectivity index (χ1v) is 5.89. The van der Waals surface area contributed by atoms with Crippen molar-refractivity contribution in [2.75, 3.05) is 11.9 Å². The number of carbonyl (C=O) groups is 1. The molecule has 0 aromatic carbocycles. The Bertz CT molecular complexity index is 453. The maximum Gasteiger partial charge on any atom is 0.338 e. The first kappa shape index (κ1) is 12.8. The normalized spacial score (nSPS) is 23.0. The number of hydrogen-bond donors (Lipinski definition) is 3. The lowest BCUT2D eigenvalue weighted by atomic mass is 10.1. The fourth-order valence-corrected chi connectivity index (χ4v) is 2.22. The van der Waals surface area contributed by atoms with Crippen LogP contribution in [0.4, 0.5) is 10.2 Å². The second kappa shape index (κ2) is 5.30. The van der Waals surface area contributed by atoms with E-state index in [1.165, 1.54) is 6.20 Å². The number of carboxylic acids is 1. The maximum atomic E-state index is 13.7. The molecule has 0 radical (unpaired) electrons. The molecule has 2 unspecified atom stereocenters. The molecule has 2 rings (SSSR count). The Morgan fingerprint density at radius 1 is 1.56 bits per heavy atom. The molecule has 3 N–H and O–H groups in total. The van der Waals surface area contributed by atoms with Crippen LogP contribution >= 0.6 is 0 Å². The highest BCUT2D eigenvalue weighted by Crippen LogP contribution is 2.26. The first-order valence-electron chi connectivity index (χ1n) is 5.89. The zero-order chi connectivity index (χ0) is 13.1. The molecule has 0 amide bonds. The number of nitrogens with one attached hydrogen (secondary N) is 1. The first-order chi connectivity index (χ1) is 8.59. The number of hydrogen-bond acceptors (Lipinski definition) is 4. The molecule has 1 aromatic rings. The van der Waals surface area contributed by atoms with Crippen molar-refractivity contribution in [1.82, 2.24) is 4.98 Å². The second-order valence-corrected chi connectivity index (χ2v) is 4.47. The molecule has 1 aromatic heterocycles. The molecular formula is C12H15FN2O3. The van der Waals surface area contributed by atoms with Gasteiger partial charge in [0.25, 0.3) is 0 Å². The largest absolute Gasteiger partial charge is 0.478 e. The van der Waals surface area contributed by atoms with Crippen molar-refractivity contribution in [3.05, 3.63) is 23.6 Å². The number of rotatable bonds is 4. The Hall–Kier alpha value is -1.69. The monoisotopic (exact) mass is 254 g/mol. The third kappa shape index (κ3) is 2.59. The summed E-state index contributed by atoms with van der Waals surface area (Å²) in [7, 11) is 0. The summed E-state index contributed by atoms with van der Waals surface area (Å²) in [5.41, 5.74) is -0.403. The minimum atomic E-state index is -1.32. The molecule has 1 saturated carbocycles. The minimum absolute atomic E-state index is 0.0692. The van der Waals surface area contributed by atoms with E-state index in [1.54, 1.807) is 0 Å². The summed E-state index contributed by atoms with van der Waals surface area (Å²) in [4.78, 5) is 14.5. The van der Waals surface area contributed by atoms with E-state index in [1.807, 2.05) is 0 Å². The molecule has 0 bridgehead atoms. The smallest absolute Gasteiger partial charge is 0.338 e. The molecule has 18 heavy (non-hydrogen) atoms. The Labute approximate surface area is 104 Å². The summed E-state index contributed by atoms with van der Waals surface area (Å²) in [6.07, 6.45) is 3.48. The summed E-state index contributed by atoms with van der Waals surface area (Å²) < 4.78 is 13.7. The van der Waals surface area contributed by atoms with Gasteiger partial charge in [-0.25, -0.2) is 14.2 Å². The lowest BCUT2D eigenvalue weighted by Crippen LogP contribution is -2.23. The van der Waals surface area contributed by atoms with Crippen LogP contribution in [0.3, 0.4) is 0 Å². The number of pyridine rings is 1. The molecule has 1 fully saturated rings. The molecule has 5 nitrogen and oxygen atoms in total.